The molecule has 0 amide bonds. The van der Waals surface area contributed by atoms with Gasteiger partial charge in [0.1, 0.15) is 0 Å². The summed E-state index contributed by atoms with van der Waals surface area (Å²) >= 11 is 7.55. The lowest BCUT2D eigenvalue weighted by Gasteiger charge is -2.05. The van der Waals surface area contributed by atoms with Crippen molar-refractivity contribution in [1.29, 1.82) is 0 Å². The molecule has 0 radical (unpaired) electrons. The molecule has 2 aromatic rings. The molecule has 0 aliphatic carbocycles. The number of benzene rings is 1. The van der Waals surface area contributed by atoms with E-state index < -0.39 is 0 Å². The molecule has 0 aliphatic rings. The van der Waals surface area contributed by atoms with Crippen molar-refractivity contribution in [2.75, 3.05) is 12.0 Å². The van der Waals surface area contributed by atoms with Crippen molar-refractivity contribution in [1.82, 2.24) is 9.55 Å². The largest absolute Gasteiger partial charge is 0.298 e. The number of rotatable bonds is 3. The van der Waals surface area contributed by atoms with Crippen LogP contribution in [0.4, 0.5) is 0 Å². The maximum Gasteiger partial charge on any atom is 0.261 e. The molecule has 16 heavy (non-hydrogen) atoms. The minimum absolute atomic E-state index is 0.00397. The van der Waals surface area contributed by atoms with E-state index in [1.54, 1.807) is 40.9 Å². The predicted molar refractivity (Wildman–Crippen MR) is 69.4 cm³/mol. The van der Waals surface area contributed by atoms with Gasteiger partial charge >= 0.3 is 0 Å². The predicted octanol–water partition coefficient (Wildman–Crippen LogP) is 2.41. The molecule has 84 valence electrons. The van der Waals surface area contributed by atoms with Gasteiger partial charge in [-0.25, -0.2) is 4.98 Å². The van der Waals surface area contributed by atoms with E-state index in [1.165, 1.54) is 0 Å². The summed E-state index contributed by atoms with van der Waals surface area (Å²) in [5.74, 6) is 0.903. The highest BCUT2D eigenvalue weighted by Crippen LogP contribution is 2.14. The number of hydrogen-bond donors (Lipinski definition) is 0. The van der Waals surface area contributed by atoms with Gasteiger partial charge in [0, 0.05) is 17.3 Å². The number of thioether (sulfide) groups is 1. The molecule has 1 aromatic heterocycles. The van der Waals surface area contributed by atoms with Crippen molar-refractivity contribution < 1.29 is 0 Å². The maximum absolute atomic E-state index is 12.0. The number of nitrogens with zero attached hydrogens (tertiary/aromatic N) is 2. The maximum atomic E-state index is 12.0. The lowest BCUT2D eigenvalue weighted by atomic mass is 10.2. The third-order valence-electron chi connectivity index (χ3n) is 2.32. The molecule has 0 aliphatic heterocycles. The fourth-order valence-corrected chi connectivity index (χ4v) is 2.03. The first kappa shape index (κ1) is 11.5. The van der Waals surface area contributed by atoms with E-state index in [4.69, 9.17) is 11.6 Å². The molecule has 0 fully saturated rings. The molecule has 5 heteroatoms. The van der Waals surface area contributed by atoms with Crippen LogP contribution in [0.1, 0.15) is 0 Å². The fourth-order valence-electron chi connectivity index (χ4n) is 1.48. The molecule has 2 rings (SSSR count). The van der Waals surface area contributed by atoms with Gasteiger partial charge in [-0.05, 0) is 24.5 Å². The van der Waals surface area contributed by atoms with Crippen LogP contribution < -0.4 is 5.56 Å². The average Bonchev–Trinajstić information content (AvgIpc) is 2.28. The zero-order valence-corrected chi connectivity index (χ0v) is 10.4. The van der Waals surface area contributed by atoms with Crippen molar-refractivity contribution in [2.45, 2.75) is 6.54 Å². The minimum atomic E-state index is -0.00397. The standard InChI is InChI=1S/C11H11ClN2OS/c1-16-5-4-14-7-13-10-6-8(12)2-3-9(10)11(14)15/h2-3,6-7H,4-5H2,1H3. The average molecular weight is 255 g/mol. The number of halogens is 1. The van der Waals surface area contributed by atoms with Gasteiger partial charge in [0.2, 0.25) is 0 Å². The Bertz CT molecular complexity index is 567. The first-order valence-electron chi connectivity index (χ1n) is 4.86. The number of aryl methyl sites for hydroxylation is 1. The second kappa shape index (κ2) is 4.89. The van der Waals surface area contributed by atoms with Crippen LogP contribution in [0.15, 0.2) is 29.3 Å². The van der Waals surface area contributed by atoms with Gasteiger partial charge in [-0.2, -0.15) is 11.8 Å². The summed E-state index contributed by atoms with van der Waals surface area (Å²) in [6, 6.07) is 5.14. The van der Waals surface area contributed by atoms with Gasteiger partial charge in [-0.15, -0.1) is 0 Å². The highest BCUT2D eigenvalue weighted by molar-refractivity contribution is 7.98. The zero-order valence-electron chi connectivity index (χ0n) is 8.81. The van der Waals surface area contributed by atoms with E-state index in [1.807, 2.05) is 6.26 Å². The number of fused-ring (bicyclic) bond motifs is 1. The topological polar surface area (TPSA) is 34.9 Å². The van der Waals surface area contributed by atoms with Crippen LogP contribution >= 0.6 is 23.4 Å². The first-order valence-corrected chi connectivity index (χ1v) is 6.63. The molecule has 1 aromatic carbocycles. The summed E-state index contributed by atoms with van der Waals surface area (Å²) in [7, 11) is 0. The van der Waals surface area contributed by atoms with Crippen molar-refractivity contribution in [3.8, 4) is 0 Å². The summed E-state index contributed by atoms with van der Waals surface area (Å²) in [6.45, 7) is 0.686. The molecule has 0 saturated heterocycles. The van der Waals surface area contributed by atoms with E-state index in [-0.39, 0.29) is 5.56 Å². The third-order valence-corrected chi connectivity index (χ3v) is 3.15. The third kappa shape index (κ3) is 2.23. The molecule has 0 atom stereocenters. The molecule has 3 nitrogen and oxygen atoms in total. The van der Waals surface area contributed by atoms with Gasteiger partial charge in [-0.3, -0.25) is 9.36 Å². The normalized spacial score (nSPS) is 10.9. The van der Waals surface area contributed by atoms with Gasteiger partial charge in [-0.1, -0.05) is 11.6 Å². The Hall–Kier alpha value is -1.00. The molecular formula is C11H11ClN2OS. The molecule has 0 saturated carbocycles. The molecular weight excluding hydrogens is 244 g/mol. The van der Waals surface area contributed by atoms with Crippen LogP contribution in [0.2, 0.25) is 5.02 Å². The fraction of sp³-hybridized carbons (Fsp3) is 0.273. The summed E-state index contributed by atoms with van der Waals surface area (Å²) in [5.41, 5.74) is 0.647. The lowest BCUT2D eigenvalue weighted by Crippen LogP contribution is -2.21. The Kier molecular flexibility index (Phi) is 3.51. The van der Waals surface area contributed by atoms with Crippen molar-refractivity contribution >= 4 is 34.3 Å². The molecule has 0 unspecified atom stereocenters. The molecule has 0 spiro atoms. The highest BCUT2D eigenvalue weighted by Gasteiger charge is 2.03. The van der Waals surface area contributed by atoms with Crippen LogP contribution in [0, 0.1) is 0 Å². The summed E-state index contributed by atoms with van der Waals surface area (Å²) in [5, 5.41) is 1.22. The lowest BCUT2D eigenvalue weighted by molar-refractivity contribution is 0.725. The van der Waals surface area contributed by atoms with Gasteiger partial charge < -0.3 is 0 Å². The van der Waals surface area contributed by atoms with Gasteiger partial charge in [0.25, 0.3) is 5.56 Å². The van der Waals surface area contributed by atoms with E-state index in [0.29, 0.717) is 22.5 Å². The van der Waals surface area contributed by atoms with E-state index in [9.17, 15) is 4.79 Å². The number of aromatic nitrogens is 2. The zero-order chi connectivity index (χ0) is 11.5. The van der Waals surface area contributed by atoms with Crippen molar-refractivity contribution in [3.05, 3.63) is 39.9 Å². The van der Waals surface area contributed by atoms with E-state index in [2.05, 4.69) is 4.98 Å². The van der Waals surface area contributed by atoms with Gasteiger partial charge in [0.15, 0.2) is 0 Å². The Morgan fingerprint density at radius 1 is 1.50 bits per heavy atom. The van der Waals surface area contributed by atoms with Crippen LogP contribution in [0.3, 0.4) is 0 Å². The Morgan fingerprint density at radius 2 is 2.31 bits per heavy atom. The first-order chi connectivity index (χ1) is 7.72. The van der Waals surface area contributed by atoms with Crippen molar-refractivity contribution in [2.24, 2.45) is 0 Å². The van der Waals surface area contributed by atoms with E-state index in [0.717, 1.165) is 5.75 Å². The minimum Gasteiger partial charge on any atom is -0.298 e. The quantitative estimate of drug-likeness (QED) is 0.844. The SMILES string of the molecule is CSCCn1cnc2cc(Cl)ccc2c1=O. The van der Waals surface area contributed by atoms with Crippen LogP contribution in [0.25, 0.3) is 10.9 Å². The summed E-state index contributed by atoms with van der Waals surface area (Å²) < 4.78 is 1.63. The Balaban J connectivity index is 2.53. The van der Waals surface area contributed by atoms with Crippen molar-refractivity contribution in [3.63, 3.8) is 0 Å². The van der Waals surface area contributed by atoms with Crippen LogP contribution in [-0.4, -0.2) is 21.6 Å². The van der Waals surface area contributed by atoms with Crippen LogP contribution in [-0.2, 0) is 6.54 Å². The molecule has 0 bridgehead atoms. The second-order valence-corrected chi connectivity index (χ2v) is 4.82. The van der Waals surface area contributed by atoms with Gasteiger partial charge in [0.05, 0.1) is 17.2 Å². The highest BCUT2D eigenvalue weighted by atomic mass is 35.5. The molecule has 0 N–H and O–H groups in total. The number of hydrogen-bond acceptors (Lipinski definition) is 3. The van der Waals surface area contributed by atoms with E-state index >= 15 is 0 Å². The smallest absolute Gasteiger partial charge is 0.261 e. The summed E-state index contributed by atoms with van der Waals surface area (Å²) in [4.78, 5) is 16.2. The monoisotopic (exact) mass is 254 g/mol. The second-order valence-electron chi connectivity index (χ2n) is 3.40. The Morgan fingerprint density at radius 3 is 3.06 bits per heavy atom. The summed E-state index contributed by atoms with van der Waals surface area (Å²) in [6.07, 6.45) is 3.59. The Labute approximate surface area is 102 Å². The molecule has 1 heterocycles. The van der Waals surface area contributed by atoms with Crippen LogP contribution in [0.5, 0.6) is 0 Å².